The zero-order chi connectivity index (χ0) is 13.0. The Labute approximate surface area is 113 Å². The van der Waals surface area contributed by atoms with Crippen LogP contribution in [0.15, 0.2) is 11.6 Å². The summed E-state index contributed by atoms with van der Waals surface area (Å²) in [5.41, 5.74) is 1.63. The highest BCUT2D eigenvalue weighted by atomic mass is 15.1. The van der Waals surface area contributed by atoms with Crippen LogP contribution in [0.25, 0.3) is 0 Å². The minimum absolute atomic E-state index is 0.726. The largest absolute Gasteiger partial charge is 0.313 e. The van der Waals surface area contributed by atoms with Gasteiger partial charge in [-0.25, -0.2) is 0 Å². The number of rotatable bonds is 4. The first kappa shape index (κ1) is 14.1. The molecule has 18 heavy (non-hydrogen) atoms. The number of likely N-dealkylation sites (tertiary alicyclic amines) is 1. The lowest BCUT2D eigenvalue weighted by Gasteiger charge is -2.36. The minimum Gasteiger partial charge on any atom is -0.313 e. The van der Waals surface area contributed by atoms with Gasteiger partial charge in [-0.2, -0.15) is 0 Å². The van der Waals surface area contributed by atoms with E-state index < -0.39 is 0 Å². The highest BCUT2D eigenvalue weighted by Gasteiger charge is 2.24. The summed E-state index contributed by atoms with van der Waals surface area (Å²) in [6.07, 6.45) is 6.51. The quantitative estimate of drug-likeness (QED) is 0.772. The molecule has 1 fully saturated rings. The van der Waals surface area contributed by atoms with E-state index in [9.17, 15) is 0 Å². The van der Waals surface area contributed by atoms with Crippen LogP contribution in [0.2, 0.25) is 0 Å². The predicted octanol–water partition coefficient (Wildman–Crippen LogP) is 2.91. The zero-order valence-corrected chi connectivity index (χ0v) is 12.4. The van der Waals surface area contributed by atoms with Crippen LogP contribution in [0.4, 0.5) is 0 Å². The SMILES string of the molecule is CC(CN1CCCC(C(C)C)C1)C1=CCCNC1. The first-order chi connectivity index (χ1) is 8.66. The van der Waals surface area contributed by atoms with E-state index in [2.05, 4.69) is 37.1 Å². The molecule has 0 bridgehead atoms. The van der Waals surface area contributed by atoms with Gasteiger partial charge < -0.3 is 10.2 Å². The number of nitrogens with zero attached hydrogens (tertiary/aromatic N) is 1. The van der Waals surface area contributed by atoms with Gasteiger partial charge in [-0.1, -0.05) is 32.4 Å². The molecule has 2 atom stereocenters. The lowest BCUT2D eigenvalue weighted by atomic mass is 9.87. The van der Waals surface area contributed by atoms with E-state index in [0.717, 1.165) is 30.8 Å². The molecule has 0 spiro atoms. The first-order valence-electron chi connectivity index (χ1n) is 7.79. The van der Waals surface area contributed by atoms with Gasteiger partial charge in [0, 0.05) is 19.6 Å². The van der Waals surface area contributed by atoms with E-state index in [1.807, 2.05) is 0 Å². The molecule has 1 saturated heterocycles. The van der Waals surface area contributed by atoms with Crippen molar-refractivity contribution in [1.29, 1.82) is 0 Å². The Hall–Kier alpha value is -0.340. The maximum absolute atomic E-state index is 3.49. The third kappa shape index (κ3) is 3.83. The molecular formula is C16H30N2. The van der Waals surface area contributed by atoms with Gasteiger partial charge in [-0.3, -0.25) is 0 Å². The molecule has 2 rings (SSSR count). The summed E-state index contributed by atoms with van der Waals surface area (Å²) in [6.45, 7) is 13.3. The summed E-state index contributed by atoms with van der Waals surface area (Å²) < 4.78 is 0. The van der Waals surface area contributed by atoms with Gasteiger partial charge in [-0.15, -0.1) is 0 Å². The number of piperidine rings is 1. The molecule has 0 saturated carbocycles. The van der Waals surface area contributed by atoms with Crippen molar-refractivity contribution >= 4 is 0 Å². The smallest absolute Gasteiger partial charge is 0.0167 e. The average Bonchev–Trinajstić information content (AvgIpc) is 2.40. The molecule has 2 heterocycles. The second-order valence-electron chi connectivity index (χ2n) is 6.55. The summed E-state index contributed by atoms with van der Waals surface area (Å²) in [5.74, 6) is 2.49. The second kappa shape index (κ2) is 6.72. The first-order valence-corrected chi connectivity index (χ1v) is 7.79. The van der Waals surface area contributed by atoms with E-state index >= 15 is 0 Å². The number of nitrogens with one attached hydrogen (secondary N) is 1. The van der Waals surface area contributed by atoms with Crippen molar-refractivity contribution in [2.75, 3.05) is 32.7 Å². The van der Waals surface area contributed by atoms with Crippen LogP contribution in [-0.2, 0) is 0 Å². The fourth-order valence-electron chi connectivity index (χ4n) is 3.35. The van der Waals surface area contributed by atoms with Gasteiger partial charge in [0.1, 0.15) is 0 Å². The lowest BCUT2D eigenvalue weighted by Crippen LogP contribution is -2.40. The lowest BCUT2D eigenvalue weighted by molar-refractivity contribution is 0.134. The summed E-state index contributed by atoms with van der Waals surface area (Å²) in [4.78, 5) is 2.70. The Kier molecular flexibility index (Phi) is 5.25. The Morgan fingerprint density at radius 3 is 2.89 bits per heavy atom. The fraction of sp³-hybridized carbons (Fsp3) is 0.875. The van der Waals surface area contributed by atoms with Crippen LogP contribution < -0.4 is 5.32 Å². The molecule has 0 aromatic carbocycles. The summed E-state index contributed by atoms with van der Waals surface area (Å²) in [5, 5.41) is 3.49. The molecule has 0 aliphatic carbocycles. The Morgan fingerprint density at radius 1 is 1.39 bits per heavy atom. The van der Waals surface area contributed by atoms with Crippen LogP contribution >= 0.6 is 0 Å². The molecule has 2 aliphatic rings. The van der Waals surface area contributed by atoms with Crippen LogP contribution in [-0.4, -0.2) is 37.6 Å². The summed E-state index contributed by atoms with van der Waals surface area (Å²) in [6, 6.07) is 0. The van der Waals surface area contributed by atoms with Crippen molar-refractivity contribution in [2.24, 2.45) is 17.8 Å². The molecule has 1 N–H and O–H groups in total. The monoisotopic (exact) mass is 250 g/mol. The van der Waals surface area contributed by atoms with Crippen molar-refractivity contribution in [1.82, 2.24) is 10.2 Å². The number of hydrogen-bond donors (Lipinski definition) is 1. The highest BCUT2D eigenvalue weighted by molar-refractivity contribution is 5.11. The third-order valence-electron chi connectivity index (χ3n) is 4.71. The second-order valence-corrected chi connectivity index (χ2v) is 6.55. The van der Waals surface area contributed by atoms with Gasteiger partial charge in [0.05, 0.1) is 0 Å². The zero-order valence-electron chi connectivity index (χ0n) is 12.4. The van der Waals surface area contributed by atoms with Crippen molar-refractivity contribution in [3.8, 4) is 0 Å². The van der Waals surface area contributed by atoms with Crippen molar-refractivity contribution < 1.29 is 0 Å². The molecule has 2 aliphatic heterocycles. The average molecular weight is 250 g/mol. The predicted molar refractivity (Wildman–Crippen MR) is 78.7 cm³/mol. The molecule has 104 valence electrons. The van der Waals surface area contributed by atoms with Gasteiger partial charge in [-0.05, 0) is 50.1 Å². The van der Waals surface area contributed by atoms with E-state index in [1.54, 1.807) is 5.57 Å². The Morgan fingerprint density at radius 2 is 2.22 bits per heavy atom. The number of hydrogen-bond acceptors (Lipinski definition) is 2. The highest BCUT2D eigenvalue weighted by Crippen LogP contribution is 2.25. The Balaban J connectivity index is 1.83. The molecular weight excluding hydrogens is 220 g/mol. The van der Waals surface area contributed by atoms with Gasteiger partial charge >= 0.3 is 0 Å². The van der Waals surface area contributed by atoms with Crippen molar-refractivity contribution in [3.63, 3.8) is 0 Å². The van der Waals surface area contributed by atoms with E-state index in [0.29, 0.717) is 0 Å². The molecule has 0 aromatic rings. The molecule has 0 aromatic heterocycles. The van der Waals surface area contributed by atoms with Gasteiger partial charge in [0.15, 0.2) is 0 Å². The van der Waals surface area contributed by atoms with E-state index in [-0.39, 0.29) is 0 Å². The molecule has 0 radical (unpaired) electrons. The van der Waals surface area contributed by atoms with Crippen LogP contribution in [0.1, 0.15) is 40.0 Å². The fourth-order valence-corrected chi connectivity index (χ4v) is 3.35. The van der Waals surface area contributed by atoms with Crippen LogP contribution in [0.5, 0.6) is 0 Å². The van der Waals surface area contributed by atoms with Gasteiger partial charge in [0.2, 0.25) is 0 Å². The minimum atomic E-state index is 0.726. The maximum Gasteiger partial charge on any atom is 0.0167 e. The molecule has 2 heteroatoms. The third-order valence-corrected chi connectivity index (χ3v) is 4.71. The van der Waals surface area contributed by atoms with Crippen molar-refractivity contribution in [2.45, 2.75) is 40.0 Å². The Bertz CT molecular complexity index is 283. The standard InChI is InChI=1S/C16H30N2/c1-13(2)16-7-5-9-18(12-16)11-14(3)15-6-4-8-17-10-15/h6,13-14,16-17H,4-5,7-12H2,1-3H3. The van der Waals surface area contributed by atoms with Gasteiger partial charge in [0.25, 0.3) is 0 Å². The molecule has 0 amide bonds. The topological polar surface area (TPSA) is 15.3 Å². The van der Waals surface area contributed by atoms with Crippen molar-refractivity contribution in [3.05, 3.63) is 11.6 Å². The van der Waals surface area contributed by atoms with E-state index in [4.69, 9.17) is 0 Å². The molecule has 2 nitrogen and oxygen atoms in total. The molecule has 2 unspecified atom stereocenters. The summed E-state index contributed by atoms with van der Waals surface area (Å²) >= 11 is 0. The normalized spacial score (nSPS) is 28.2. The van der Waals surface area contributed by atoms with E-state index in [1.165, 1.54) is 38.9 Å². The maximum atomic E-state index is 3.49. The summed E-state index contributed by atoms with van der Waals surface area (Å²) in [7, 11) is 0. The van der Waals surface area contributed by atoms with Crippen LogP contribution in [0, 0.1) is 17.8 Å². The van der Waals surface area contributed by atoms with Crippen LogP contribution in [0.3, 0.4) is 0 Å².